The van der Waals surface area contributed by atoms with Crippen molar-refractivity contribution in [2.24, 2.45) is 0 Å². The van der Waals surface area contributed by atoms with Crippen LogP contribution in [0, 0.1) is 6.92 Å². The number of benzene rings is 1. The molecule has 4 nitrogen and oxygen atoms in total. The molecule has 96 valence electrons. The molecule has 0 fully saturated rings. The summed E-state index contributed by atoms with van der Waals surface area (Å²) in [4.78, 5) is 0.212. The lowest BCUT2D eigenvalue weighted by atomic mass is 10.2. The Morgan fingerprint density at radius 2 is 2.06 bits per heavy atom. The number of halogens is 1. The van der Waals surface area contributed by atoms with E-state index < -0.39 is 10.0 Å². The molecule has 0 aromatic heterocycles. The van der Waals surface area contributed by atoms with E-state index in [1.807, 2.05) is 6.92 Å². The zero-order chi connectivity index (χ0) is 13.1. The van der Waals surface area contributed by atoms with Crippen molar-refractivity contribution in [3.05, 3.63) is 27.7 Å². The summed E-state index contributed by atoms with van der Waals surface area (Å²) in [5.41, 5.74) is 1.21. The molecule has 0 heterocycles. The maximum Gasteiger partial charge on any atom is 0.240 e. The van der Waals surface area contributed by atoms with Crippen LogP contribution >= 0.6 is 15.9 Å². The molecule has 2 N–H and O–H groups in total. The van der Waals surface area contributed by atoms with Gasteiger partial charge in [-0.3, -0.25) is 0 Å². The van der Waals surface area contributed by atoms with Crippen LogP contribution in [-0.4, -0.2) is 20.1 Å². The summed E-state index contributed by atoms with van der Waals surface area (Å²) in [5, 5.41) is 9.08. The Balaban J connectivity index is 3.25. The Kier molecular flexibility index (Phi) is 5.12. The molecular formula is C11H16BrNO3S. The van der Waals surface area contributed by atoms with Gasteiger partial charge in [0.25, 0.3) is 0 Å². The SMILES string of the molecule is CCCNS(=O)(=O)c1cc(CO)cc(Br)c1C. The number of aliphatic hydroxyl groups excluding tert-OH is 1. The Morgan fingerprint density at radius 1 is 1.41 bits per heavy atom. The second-order valence-electron chi connectivity index (χ2n) is 3.76. The molecule has 0 spiro atoms. The van der Waals surface area contributed by atoms with Crippen LogP contribution in [0.25, 0.3) is 0 Å². The average Bonchev–Trinajstić information content (AvgIpc) is 2.29. The van der Waals surface area contributed by atoms with Gasteiger partial charge < -0.3 is 5.11 Å². The highest BCUT2D eigenvalue weighted by molar-refractivity contribution is 9.10. The highest BCUT2D eigenvalue weighted by Gasteiger charge is 2.18. The van der Waals surface area contributed by atoms with Gasteiger partial charge in [0.05, 0.1) is 11.5 Å². The Morgan fingerprint density at radius 3 is 2.59 bits per heavy atom. The lowest BCUT2D eigenvalue weighted by molar-refractivity contribution is 0.281. The first-order chi connectivity index (χ1) is 7.92. The molecule has 0 saturated carbocycles. The van der Waals surface area contributed by atoms with E-state index in [1.165, 1.54) is 6.07 Å². The molecule has 0 aliphatic rings. The third-order valence-corrected chi connectivity index (χ3v) is 4.78. The van der Waals surface area contributed by atoms with E-state index in [4.69, 9.17) is 5.11 Å². The topological polar surface area (TPSA) is 66.4 Å². The van der Waals surface area contributed by atoms with Crippen molar-refractivity contribution in [3.63, 3.8) is 0 Å². The van der Waals surface area contributed by atoms with Gasteiger partial charge in [-0.25, -0.2) is 13.1 Å². The van der Waals surface area contributed by atoms with Gasteiger partial charge in [-0.2, -0.15) is 0 Å². The van der Waals surface area contributed by atoms with E-state index in [0.717, 1.165) is 6.42 Å². The number of hydrogen-bond acceptors (Lipinski definition) is 3. The van der Waals surface area contributed by atoms with Crippen molar-refractivity contribution in [1.29, 1.82) is 0 Å². The highest BCUT2D eigenvalue weighted by atomic mass is 79.9. The lowest BCUT2D eigenvalue weighted by Gasteiger charge is -2.11. The van der Waals surface area contributed by atoms with E-state index in [-0.39, 0.29) is 11.5 Å². The molecule has 17 heavy (non-hydrogen) atoms. The maximum absolute atomic E-state index is 12.0. The molecule has 1 rings (SSSR count). The van der Waals surface area contributed by atoms with Gasteiger partial charge in [0.15, 0.2) is 0 Å². The number of aliphatic hydroxyl groups is 1. The molecule has 0 unspecified atom stereocenters. The average molecular weight is 322 g/mol. The summed E-state index contributed by atoms with van der Waals surface area (Å²) in [6.45, 7) is 3.85. The van der Waals surface area contributed by atoms with Gasteiger partial charge in [-0.15, -0.1) is 0 Å². The van der Waals surface area contributed by atoms with E-state index in [2.05, 4.69) is 20.7 Å². The summed E-state index contributed by atoms with van der Waals surface area (Å²) in [6, 6.07) is 3.21. The fraction of sp³-hybridized carbons (Fsp3) is 0.455. The minimum Gasteiger partial charge on any atom is -0.392 e. The zero-order valence-corrected chi connectivity index (χ0v) is 12.2. The maximum atomic E-state index is 12.0. The number of rotatable bonds is 5. The minimum atomic E-state index is -3.50. The van der Waals surface area contributed by atoms with E-state index in [9.17, 15) is 8.42 Å². The second-order valence-corrected chi connectivity index (χ2v) is 6.35. The molecule has 0 atom stereocenters. The van der Waals surface area contributed by atoms with Crippen LogP contribution in [-0.2, 0) is 16.6 Å². The number of sulfonamides is 1. The molecular weight excluding hydrogens is 306 g/mol. The summed E-state index contributed by atoms with van der Waals surface area (Å²) in [6.07, 6.45) is 0.735. The van der Waals surface area contributed by atoms with Crippen molar-refractivity contribution < 1.29 is 13.5 Å². The van der Waals surface area contributed by atoms with Gasteiger partial charge in [-0.1, -0.05) is 22.9 Å². The van der Waals surface area contributed by atoms with E-state index in [0.29, 0.717) is 22.1 Å². The van der Waals surface area contributed by atoms with Crippen molar-refractivity contribution in [2.75, 3.05) is 6.54 Å². The quantitative estimate of drug-likeness (QED) is 0.871. The number of hydrogen-bond donors (Lipinski definition) is 2. The van der Waals surface area contributed by atoms with Gasteiger partial charge >= 0.3 is 0 Å². The van der Waals surface area contributed by atoms with Crippen LogP contribution in [0.3, 0.4) is 0 Å². The first-order valence-electron chi connectivity index (χ1n) is 5.32. The molecule has 0 bridgehead atoms. The molecule has 1 aromatic carbocycles. The molecule has 6 heteroatoms. The molecule has 0 aliphatic carbocycles. The molecule has 0 saturated heterocycles. The van der Waals surface area contributed by atoms with Gasteiger partial charge in [-0.05, 0) is 36.6 Å². The van der Waals surface area contributed by atoms with Crippen molar-refractivity contribution in [1.82, 2.24) is 4.72 Å². The molecule has 1 aromatic rings. The summed E-state index contributed by atoms with van der Waals surface area (Å²) < 4.78 is 27.2. The predicted molar refractivity (Wildman–Crippen MR) is 70.3 cm³/mol. The molecule has 0 amide bonds. The highest BCUT2D eigenvalue weighted by Crippen LogP contribution is 2.25. The fourth-order valence-corrected chi connectivity index (χ4v) is 3.48. The van der Waals surface area contributed by atoms with E-state index in [1.54, 1.807) is 13.0 Å². The first kappa shape index (κ1) is 14.6. The molecule has 0 radical (unpaired) electrons. The summed E-state index contributed by atoms with van der Waals surface area (Å²) in [7, 11) is -3.50. The van der Waals surface area contributed by atoms with Crippen LogP contribution < -0.4 is 4.72 Å². The monoisotopic (exact) mass is 321 g/mol. The Labute approximate surface area is 110 Å². The summed E-state index contributed by atoms with van der Waals surface area (Å²) >= 11 is 3.30. The Hall–Kier alpha value is -0.430. The van der Waals surface area contributed by atoms with Crippen LogP contribution in [0.15, 0.2) is 21.5 Å². The third-order valence-electron chi connectivity index (χ3n) is 2.37. The van der Waals surface area contributed by atoms with Crippen molar-refractivity contribution >= 4 is 26.0 Å². The predicted octanol–water partition coefficient (Wildman–Crippen LogP) is 1.94. The van der Waals surface area contributed by atoms with Crippen molar-refractivity contribution in [3.8, 4) is 0 Å². The van der Waals surface area contributed by atoms with Crippen LogP contribution in [0.4, 0.5) is 0 Å². The fourth-order valence-electron chi connectivity index (χ4n) is 1.39. The van der Waals surface area contributed by atoms with Gasteiger partial charge in [0.2, 0.25) is 10.0 Å². The van der Waals surface area contributed by atoms with Crippen LogP contribution in [0.1, 0.15) is 24.5 Å². The largest absolute Gasteiger partial charge is 0.392 e. The Bertz CT molecular complexity index is 500. The molecule has 0 aliphatic heterocycles. The number of nitrogens with one attached hydrogen (secondary N) is 1. The third kappa shape index (κ3) is 3.51. The minimum absolute atomic E-state index is 0.185. The van der Waals surface area contributed by atoms with Crippen LogP contribution in [0.5, 0.6) is 0 Å². The zero-order valence-electron chi connectivity index (χ0n) is 9.83. The van der Waals surface area contributed by atoms with E-state index >= 15 is 0 Å². The smallest absolute Gasteiger partial charge is 0.240 e. The second kappa shape index (κ2) is 5.95. The standard InChI is InChI=1S/C11H16BrNO3S/c1-3-4-13-17(15,16)11-6-9(7-14)5-10(12)8(11)2/h5-6,13-14H,3-4,7H2,1-2H3. The van der Waals surface area contributed by atoms with Crippen molar-refractivity contribution in [2.45, 2.75) is 31.8 Å². The first-order valence-corrected chi connectivity index (χ1v) is 7.59. The van der Waals surface area contributed by atoms with Crippen LogP contribution in [0.2, 0.25) is 0 Å². The lowest BCUT2D eigenvalue weighted by Crippen LogP contribution is -2.25. The normalized spacial score (nSPS) is 11.8. The summed E-state index contributed by atoms with van der Waals surface area (Å²) in [5.74, 6) is 0. The van der Waals surface area contributed by atoms with Gasteiger partial charge in [0, 0.05) is 11.0 Å². The van der Waals surface area contributed by atoms with Gasteiger partial charge in [0.1, 0.15) is 0 Å².